The van der Waals surface area contributed by atoms with Crippen LogP contribution in [0.15, 0.2) is 18.2 Å². The van der Waals surface area contributed by atoms with Crippen molar-refractivity contribution in [2.24, 2.45) is 0 Å². The molecule has 3 heteroatoms. The van der Waals surface area contributed by atoms with E-state index in [0.29, 0.717) is 12.2 Å². The van der Waals surface area contributed by atoms with Gasteiger partial charge in [0.2, 0.25) is 0 Å². The monoisotopic (exact) mass is 235 g/mol. The van der Waals surface area contributed by atoms with Gasteiger partial charge in [0.05, 0.1) is 12.2 Å². The van der Waals surface area contributed by atoms with Crippen LogP contribution in [0.1, 0.15) is 40.7 Å². The van der Waals surface area contributed by atoms with Crippen LogP contribution in [0.3, 0.4) is 0 Å². The van der Waals surface area contributed by atoms with Gasteiger partial charge >= 0.3 is 5.97 Å². The van der Waals surface area contributed by atoms with Gasteiger partial charge in [-0.25, -0.2) is 4.79 Å². The van der Waals surface area contributed by atoms with E-state index in [9.17, 15) is 4.79 Å². The molecule has 0 N–H and O–H groups in total. The van der Waals surface area contributed by atoms with Crippen molar-refractivity contribution in [2.75, 3.05) is 6.61 Å². The van der Waals surface area contributed by atoms with Crippen LogP contribution < -0.4 is 0 Å². The summed E-state index contributed by atoms with van der Waals surface area (Å²) in [4.78, 5) is 21.3. The van der Waals surface area contributed by atoms with Crippen LogP contribution in [0.2, 0.25) is 0 Å². The van der Waals surface area contributed by atoms with Gasteiger partial charge in [0.15, 0.2) is 0 Å². The molecular formula is C14H19O3. The Morgan fingerprint density at radius 2 is 2.06 bits per heavy atom. The molecule has 1 rings (SSSR count). The third kappa shape index (κ3) is 4.57. The summed E-state index contributed by atoms with van der Waals surface area (Å²) in [5, 5.41) is 0. The van der Waals surface area contributed by atoms with Gasteiger partial charge in [0.25, 0.3) is 0 Å². The molecule has 0 aliphatic rings. The molecule has 0 aromatic heterocycles. The summed E-state index contributed by atoms with van der Waals surface area (Å²) in [6, 6.07) is 5.66. The first kappa shape index (κ1) is 13.7. The minimum atomic E-state index is -0.430. The first-order chi connectivity index (χ1) is 8.15. The normalized spacial score (nSPS) is 10.3. The lowest BCUT2D eigenvalue weighted by atomic mass is 10.1. The second-order valence-corrected chi connectivity index (χ2v) is 4.07. The van der Waals surface area contributed by atoms with Gasteiger partial charge in [-0.3, -0.25) is 4.89 Å². The molecular weight excluding hydrogens is 216 g/mol. The number of unbranched alkanes of at least 4 members (excludes halogenated alkanes) is 2. The van der Waals surface area contributed by atoms with Crippen molar-refractivity contribution < 1.29 is 14.6 Å². The molecule has 0 saturated carbocycles. The van der Waals surface area contributed by atoms with Gasteiger partial charge in [0, 0.05) is 0 Å². The number of aryl methyl sites for hydroxylation is 2. The average Bonchev–Trinajstić information content (AvgIpc) is 2.32. The van der Waals surface area contributed by atoms with Gasteiger partial charge in [-0.1, -0.05) is 37.5 Å². The Kier molecular flexibility index (Phi) is 5.70. The molecule has 0 amide bonds. The summed E-state index contributed by atoms with van der Waals surface area (Å²) in [7, 11) is 0. The predicted octanol–water partition coefficient (Wildman–Crippen LogP) is 3.40. The molecule has 93 valence electrons. The molecule has 0 unspecified atom stereocenters. The van der Waals surface area contributed by atoms with Crippen LogP contribution in [0.25, 0.3) is 0 Å². The van der Waals surface area contributed by atoms with Crippen molar-refractivity contribution >= 4 is 5.97 Å². The van der Waals surface area contributed by atoms with E-state index in [1.807, 2.05) is 26.0 Å². The van der Waals surface area contributed by atoms with Crippen molar-refractivity contribution in [3.05, 3.63) is 41.8 Å². The molecule has 0 aliphatic heterocycles. The lowest BCUT2D eigenvalue weighted by molar-refractivity contribution is -0.241. The number of benzene rings is 1. The second kappa shape index (κ2) is 7.07. The van der Waals surface area contributed by atoms with Gasteiger partial charge in [0.1, 0.15) is 0 Å². The van der Waals surface area contributed by atoms with E-state index in [-0.39, 0.29) is 0 Å². The maximum absolute atomic E-state index is 11.7. The number of carbonyl (C=O) groups is 1. The molecule has 0 bridgehead atoms. The van der Waals surface area contributed by atoms with E-state index >= 15 is 0 Å². The molecule has 17 heavy (non-hydrogen) atoms. The number of carbonyl (C=O) groups excluding carboxylic acids is 1. The maximum atomic E-state index is 11.7. The largest absolute Gasteiger partial charge is 0.373 e. The molecule has 0 atom stereocenters. The molecule has 0 saturated heterocycles. The van der Waals surface area contributed by atoms with Crippen LogP contribution in [0.5, 0.6) is 0 Å². The summed E-state index contributed by atoms with van der Waals surface area (Å²) < 4.78 is 0. The van der Waals surface area contributed by atoms with E-state index in [4.69, 9.17) is 9.78 Å². The van der Waals surface area contributed by atoms with Crippen molar-refractivity contribution in [1.82, 2.24) is 0 Å². The molecule has 0 fully saturated rings. The fraction of sp³-hybridized carbons (Fsp3) is 0.429. The number of hydrogen-bond acceptors (Lipinski definition) is 3. The minimum Gasteiger partial charge on any atom is -0.293 e. The predicted molar refractivity (Wildman–Crippen MR) is 66.5 cm³/mol. The second-order valence-electron chi connectivity index (χ2n) is 4.07. The van der Waals surface area contributed by atoms with Crippen molar-refractivity contribution in [3.63, 3.8) is 0 Å². The van der Waals surface area contributed by atoms with E-state index in [1.54, 1.807) is 6.07 Å². The number of hydrogen-bond donors (Lipinski definition) is 0. The van der Waals surface area contributed by atoms with E-state index in [1.165, 1.54) is 0 Å². The molecule has 3 nitrogen and oxygen atoms in total. The minimum absolute atomic E-state index is 0.423. The third-order valence-electron chi connectivity index (χ3n) is 2.48. The summed E-state index contributed by atoms with van der Waals surface area (Å²) >= 11 is 0. The quantitative estimate of drug-likeness (QED) is 0.430. The van der Waals surface area contributed by atoms with Gasteiger partial charge < -0.3 is 0 Å². The van der Waals surface area contributed by atoms with Crippen LogP contribution >= 0.6 is 0 Å². The summed E-state index contributed by atoms with van der Waals surface area (Å²) in [6.07, 6.45) is 2.69. The average molecular weight is 235 g/mol. The highest BCUT2D eigenvalue weighted by molar-refractivity contribution is 5.90. The van der Waals surface area contributed by atoms with E-state index in [0.717, 1.165) is 30.4 Å². The first-order valence-corrected chi connectivity index (χ1v) is 5.85. The highest BCUT2D eigenvalue weighted by atomic mass is 17.2. The fourth-order valence-electron chi connectivity index (χ4n) is 1.43. The topological polar surface area (TPSA) is 35.5 Å². The zero-order chi connectivity index (χ0) is 12.7. The van der Waals surface area contributed by atoms with Gasteiger partial charge in [-0.15, -0.1) is 0 Å². The SMILES string of the molecule is [CH2]CCCCOOC(=O)c1cc(C)ccc1C. The Labute approximate surface area is 103 Å². The smallest absolute Gasteiger partial charge is 0.293 e. The van der Waals surface area contributed by atoms with E-state index in [2.05, 4.69) is 6.92 Å². The Morgan fingerprint density at radius 3 is 2.76 bits per heavy atom. The Bertz CT molecular complexity index is 372. The molecule has 0 aliphatic carbocycles. The van der Waals surface area contributed by atoms with Crippen LogP contribution in [-0.2, 0) is 9.78 Å². The van der Waals surface area contributed by atoms with Crippen LogP contribution in [0, 0.1) is 20.8 Å². The molecule has 1 aromatic carbocycles. The van der Waals surface area contributed by atoms with Gasteiger partial charge in [-0.05, 0) is 31.9 Å². The Balaban J connectivity index is 2.44. The fourth-order valence-corrected chi connectivity index (χ4v) is 1.43. The summed E-state index contributed by atoms with van der Waals surface area (Å²) in [6.45, 7) is 7.96. The standard InChI is InChI=1S/C14H19O3/c1-4-5-6-9-16-17-14(15)13-10-11(2)7-8-12(13)3/h7-8,10H,1,4-6,9H2,2-3H3. The molecule has 1 aromatic rings. The van der Waals surface area contributed by atoms with E-state index < -0.39 is 5.97 Å². The number of rotatable bonds is 6. The summed E-state index contributed by atoms with van der Waals surface area (Å²) in [5.41, 5.74) is 2.48. The third-order valence-corrected chi connectivity index (χ3v) is 2.48. The molecule has 0 heterocycles. The highest BCUT2D eigenvalue weighted by Gasteiger charge is 2.11. The van der Waals surface area contributed by atoms with Crippen LogP contribution in [-0.4, -0.2) is 12.6 Å². The van der Waals surface area contributed by atoms with Crippen molar-refractivity contribution in [2.45, 2.75) is 33.1 Å². The Morgan fingerprint density at radius 1 is 1.29 bits per heavy atom. The zero-order valence-corrected chi connectivity index (χ0v) is 10.5. The summed E-state index contributed by atoms with van der Waals surface area (Å²) in [5.74, 6) is -0.430. The first-order valence-electron chi connectivity index (χ1n) is 5.85. The van der Waals surface area contributed by atoms with Crippen LogP contribution in [0.4, 0.5) is 0 Å². The lowest BCUT2D eigenvalue weighted by Gasteiger charge is -2.06. The highest BCUT2D eigenvalue weighted by Crippen LogP contribution is 2.12. The lowest BCUT2D eigenvalue weighted by Crippen LogP contribution is -2.08. The van der Waals surface area contributed by atoms with Crippen molar-refractivity contribution in [1.29, 1.82) is 0 Å². The molecule has 0 spiro atoms. The Hall–Kier alpha value is -1.35. The molecule has 1 radical (unpaired) electrons. The van der Waals surface area contributed by atoms with Crippen molar-refractivity contribution in [3.8, 4) is 0 Å². The maximum Gasteiger partial charge on any atom is 0.373 e. The van der Waals surface area contributed by atoms with Gasteiger partial charge in [-0.2, -0.15) is 4.89 Å². The zero-order valence-electron chi connectivity index (χ0n) is 10.5.